The lowest BCUT2D eigenvalue weighted by Gasteiger charge is -2.39. The van der Waals surface area contributed by atoms with Crippen LogP contribution in [0.15, 0.2) is 55.0 Å². The molecular formula is C37H37N13O2S. The highest BCUT2D eigenvalue weighted by Crippen LogP contribution is 2.36. The second kappa shape index (κ2) is 14.9. The minimum Gasteiger partial charge on any atom is -0.372 e. The second-order valence-electron chi connectivity index (χ2n) is 13.6. The van der Waals surface area contributed by atoms with E-state index < -0.39 is 0 Å². The van der Waals surface area contributed by atoms with Crippen LogP contribution in [-0.2, 0) is 9.59 Å². The third-order valence-electron chi connectivity index (χ3n) is 10.3. The molecule has 3 aliphatic rings. The molecule has 3 aliphatic heterocycles. The summed E-state index contributed by atoms with van der Waals surface area (Å²) >= 11 is 1.52. The summed E-state index contributed by atoms with van der Waals surface area (Å²) in [5.74, 6) is 0.811. The van der Waals surface area contributed by atoms with Gasteiger partial charge in [-0.3, -0.25) is 24.8 Å². The summed E-state index contributed by atoms with van der Waals surface area (Å²) < 4.78 is 1.74. The lowest BCUT2D eigenvalue weighted by Crippen LogP contribution is -2.49. The Morgan fingerprint density at radius 2 is 1.75 bits per heavy atom. The van der Waals surface area contributed by atoms with Crippen LogP contribution in [-0.4, -0.2) is 98.9 Å². The van der Waals surface area contributed by atoms with Crippen LogP contribution in [0, 0.1) is 28.6 Å². The van der Waals surface area contributed by atoms with Crippen molar-refractivity contribution in [3.63, 3.8) is 0 Å². The van der Waals surface area contributed by atoms with Gasteiger partial charge in [0.05, 0.1) is 46.2 Å². The predicted octanol–water partition coefficient (Wildman–Crippen LogP) is 3.68. The number of amides is 2. The SMILES string of the molecule is N#CCNc1cc(-c2ccc3cc(C#N)cnn23)ncc1-c1nnc(N2CCN(CC3CCN(c4ccc([C@@H]5CCC(=O)NC5=O)cn4)CC3)CC2)s1. The monoisotopic (exact) mass is 727 g/mol. The normalized spacial score (nSPS) is 18.5. The number of carbonyl (C=O) groups is 2. The first kappa shape index (κ1) is 34.1. The van der Waals surface area contributed by atoms with E-state index in [4.69, 9.17) is 4.98 Å². The fourth-order valence-electron chi connectivity index (χ4n) is 7.39. The molecule has 268 valence electrons. The van der Waals surface area contributed by atoms with Crippen LogP contribution in [0.2, 0.25) is 0 Å². The molecule has 0 aromatic carbocycles. The van der Waals surface area contributed by atoms with Crippen LogP contribution in [0.25, 0.3) is 27.5 Å². The number of imide groups is 1. The van der Waals surface area contributed by atoms with Gasteiger partial charge in [-0.2, -0.15) is 15.6 Å². The molecule has 16 heteroatoms. The highest BCUT2D eigenvalue weighted by Gasteiger charge is 2.29. The predicted molar refractivity (Wildman–Crippen MR) is 199 cm³/mol. The van der Waals surface area contributed by atoms with Crippen LogP contribution in [0.4, 0.5) is 16.6 Å². The topological polar surface area (TPSA) is 184 Å². The van der Waals surface area contributed by atoms with Crippen molar-refractivity contribution in [2.45, 2.75) is 31.6 Å². The Hall–Kier alpha value is -5.97. The molecule has 5 aromatic rings. The Morgan fingerprint density at radius 1 is 0.906 bits per heavy atom. The average Bonchev–Trinajstić information content (AvgIpc) is 3.86. The van der Waals surface area contributed by atoms with Gasteiger partial charge >= 0.3 is 0 Å². The maximum Gasteiger partial charge on any atom is 0.234 e. The van der Waals surface area contributed by atoms with E-state index in [1.54, 1.807) is 23.0 Å². The first-order valence-corrected chi connectivity index (χ1v) is 18.6. The lowest BCUT2D eigenvalue weighted by molar-refractivity contribution is -0.134. The molecule has 8 heterocycles. The molecule has 15 nitrogen and oxygen atoms in total. The molecule has 0 spiro atoms. The first-order valence-electron chi connectivity index (χ1n) is 17.8. The van der Waals surface area contributed by atoms with Crippen LogP contribution < -0.4 is 20.4 Å². The minimum absolute atomic E-state index is 0.123. The molecule has 0 unspecified atom stereocenters. The van der Waals surface area contributed by atoms with Crippen molar-refractivity contribution in [2.75, 3.05) is 67.5 Å². The van der Waals surface area contributed by atoms with Crippen molar-refractivity contribution in [2.24, 2.45) is 5.92 Å². The lowest BCUT2D eigenvalue weighted by atomic mass is 9.91. The van der Waals surface area contributed by atoms with Gasteiger partial charge in [-0.15, -0.1) is 10.2 Å². The average molecular weight is 728 g/mol. The smallest absolute Gasteiger partial charge is 0.234 e. The summed E-state index contributed by atoms with van der Waals surface area (Å²) in [6.07, 6.45) is 8.18. The quantitative estimate of drug-likeness (QED) is 0.166. The zero-order valence-electron chi connectivity index (χ0n) is 29.0. The van der Waals surface area contributed by atoms with Crippen molar-refractivity contribution < 1.29 is 9.59 Å². The zero-order valence-corrected chi connectivity index (χ0v) is 29.8. The number of nitriles is 2. The van der Waals surface area contributed by atoms with Crippen molar-refractivity contribution in [3.05, 3.63) is 66.1 Å². The molecule has 1 atom stereocenters. The minimum atomic E-state index is -0.313. The maximum absolute atomic E-state index is 12.3. The number of rotatable bonds is 9. The molecule has 0 aliphatic carbocycles. The van der Waals surface area contributed by atoms with Gasteiger partial charge < -0.3 is 15.1 Å². The summed E-state index contributed by atoms with van der Waals surface area (Å²) in [6.45, 7) is 6.75. The van der Waals surface area contributed by atoms with Gasteiger partial charge in [0.2, 0.25) is 16.9 Å². The number of hydrogen-bond donors (Lipinski definition) is 2. The number of piperidine rings is 2. The Kier molecular flexibility index (Phi) is 9.62. The Labute approximate surface area is 309 Å². The summed E-state index contributed by atoms with van der Waals surface area (Å²) in [5, 5.41) is 39.3. The van der Waals surface area contributed by atoms with Crippen LogP contribution in [0.3, 0.4) is 0 Å². The number of piperazine rings is 1. The van der Waals surface area contributed by atoms with Gasteiger partial charge in [0.1, 0.15) is 18.4 Å². The standard InChI is InChI=1S/C37H37N13O2S/c38-9-10-40-30-18-31(32-4-2-27-17-25(19-39)20-43-50(27)32)41-22-29(30)36-45-46-37(53-36)49-15-13-47(14-16-49)23-24-7-11-48(12-8-24)33-5-1-26(21-42-33)28-3-6-34(51)44-35(28)52/h1-2,4-5,17-18,20-22,24,28H,3,6-8,10-16,23H2,(H,40,41)(H,44,51,52)/t28-/m0/s1. The third kappa shape index (κ3) is 7.24. The molecular weight excluding hydrogens is 691 g/mol. The molecule has 0 saturated carbocycles. The number of hydrogen-bond acceptors (Lipinski definition) is 14. The summed E-state index contributed by atoms with van der Waals surface area (Å²) in [6, 6.07) is 15.7. The van der Waals surface area contributed by atoms with Crippen molar-refractivity contribution in [1.82, 2.24) is 40.0 Å². The van der Waals surface area contributed by atoms with Crippen LogP contribution in [0.5, 0.6) is 0 Å². The number of nitrogens with zero attached hydrogens (tertiary/aromatic N) is 11. The Balaban J connectivity index is 0.852. The van der Waals surface area contributed by atoms with Gasteiger partial charge in [0, 0.05) is 70.3 Å². The molecule has 8 rings (SSSR count). The summed E-state index contributed by atoms with van der Waals surface area (Å²) in [5.41, 5.74) is 5.10. The van der Waals surface area contributed by atoms with Gasteiger partial charge in [0.15, 0.2) is 5.01 Å². The van der Waals surface area contributed by atoms with E-state index in [0.29, 0.717) is 30.0 Å². The van der Waals surface area contributed by atoms with Crippen LogP contribution in [0.1, 0.15) is 42.7 Å². The molecule has 5 aromatic heterocycles. The van der Waals surface area contributed by atoms with Crippen molar-refractivity contribution in [3.8, 4) is 34.1 Å². The molecule has 2 amide bonds. The molecule has 53 heavy (non-hydrogen) atoms. The summed E-state index contributed by atoms with van der Waals surface area (Å²) in [7, 11) is 0. The van der Waals surface area contributed by atoms with E-state index in [1.165, 1.54) is 17.5 Å². The Bertz CT molecular complexity index is 2220. The van der Waals surface area contributed by atoms with E-state index in [9.17, 15) is 20.1 Å². The Morgan fingerprint density at radius 3 is 2.51 bits per heavy atom. The molecule has 0 radical (unpaired) electrons. The number of anilines is 3. The fourth-order valence-corrected chi connectivity index (χ4v) is 8.31. The van der Waals surface area contributed by atoms with Crippen molar-refractivity contribution >= 4 is 45.3 Å². The fraction of sp³-hybridized carbons (Fsp3) is 0.378. The molecule has 3 fully saturated rings. The zero-order chi connectivity index (χ0) is 36.3. The van der Waals surface area contributed by atoms with E-state index in [2.05, 4.69) is 57.8 Å². The van der Waals surface area contributed by atoms with Gasteiger partial charge in [-0.05, 0) is 61.1 Å². The van der Waals surface area contributed by atoms with E-state index in [1.807, 2.05) is 30.3 Å². The third-order valence-corrected chi connectivity index (χ3v) is 11.3. The van der Waals surface area contributed by atoms with E-state index in [-0.39, 0.29) is 24.3 Å². The van der Waals surface area contributed by atoms with Gasteiger partial charge in [-0.25, -0.2) is 9.50 Å². The van der Waals surface area contributed by atoms with E-state index >= 15 is 0 Å². The van der Waals surface area contributed by atoms with E-state index in [0.717, 1.165) is 103 Å². The molecule has 3 saturated heterocycles. The number of carbonyl (C=O) groups excluding carboxylic acids is 2. The highest BCUT2D eigenvalue weighted by molar-refractivity contribution is 7.18. The number of fused-ring (bicyclic) bond motifs is 1. The largest absolute Gasteiger partial charge is 0.372 e. The molecule has 2 N–H and O–H groups in total. The number of pyridine rings is 2. The first-order chi connectivity index (χ1) is 25.9. The second-order valence-corrected chi connectivity index (χ2v) is 14.6. The number of aromatic nitrogens is 6. The highest BCUT2D eigenvalue weighted by atomic mass is 32.1. The molecule has 0 bridgehead atoms. The van der Waals surface area contributed by atoms with Gasteiger partial charge in [0.25, 0.3) is 0 Å². The van der Waals surface area contributed by atoms with Crippen LogP contribution >= 0.6 is 11.3 Å². The summed E-state index contributed by atoms with van der Waals surface area (Å²) in [4.78, 5) is 40.4. The van der Waals surface area contributed by atoms with Crippen molar-refractivity contribution in [1.29, 1.82) is 10.5 Å². The maximum atomic E-state index is 12.3. The number of nitrogens with one attached hydrogen (secondary N) is 2. The van der Waals surface area contributed by atoms with Gasteiger partial charge in [-0.1, -0.05) is 17.4 Å².